The van der Waals surface area contributed by atoms with E-state index in [1.165, 1.54) is 28.5 Å². The summed E-state index contributed by atoms with van der Waals surface area (Å²) in [5, 5.41) is 0.726. The molecular weight excluding hydrogens is 384 g/mol. The van der Waals surface area contributed by atoms with Crippen LogP contribution in [-0.4, -0.2) is 41.5 Å². The summed E-state index contributed by atoms with van der Waals surface area (Å²) in [5.74, 6) is -0.731. The molecule has 0 saturated carbocycles. The number of thiazole rings is 1. The number of ether oxygens (including phenoxy) is 1. The quantitative estimate of drug-likeness (QED) is 0.473. The van der Waals surface area contributed by atoms with Gasteiger partial charge in [0.15, 0.2) is 6.61 Å². The number of carbonyl (C=O) groups is 2. The number of carbonyl (C=O) groups excluding carboxylic acids is 2. The van der Waals surface area contributed by atoms with E-state index in [-0.39, 0.29) is 12.5 Å². The van der Waals surface area contributed by atoms with Crippen molar-refractivity contribution in [3.05, 3.63) is 77.3 Å². The van der Waals surface area contributed by atoms with Crippen molar-refractivity contribution in [3.8, 4) is 0 Å². The summed E-state index contributed by atoms with van der Waals surface area (Å²) < 4.78 is 6.16. The fourth-order valence-electron chi connectivity index (χ4n) is 3.18. The van der Waals surface area contributed by atoms with Crippen molar-refractivity contribution in [1.29, 1.82) is 0 Å². The Morgan fingerprint density at radius 2 is 1.90 bits per heavy atom. The minimum Gasteiger partial charge on any atom is -0.452 e. The van der Waals surface area contributed by atoms with E-state index in [4.69, 9.17) is 4.74 Å². The molecule has 2 heterocycles. The Labute approximate surface area is 172 Å². The molecule has 0 bridgehead atoms. The summed E-state index contributed by atoms with van der Waals surface area (Å²) in [5.41, 5.74) is 3.32. The third kappa shape index (κ3) is 4.78. The summed E-state index contributed by atoms with van der Waals surface area (Å²) in [6, 6.07) is 17.9. The minimum absolute atomic E-state index is 0.185. The monoisotopic (exact) mass is 404 g/mol. The number of nitrogens with zero attached hydrogens (tertiary/aromatic N) is 2. The normalized spacial score (nSPS) is 14.2. The number of esters is 1. The zero-order valence-electron chi connectivity index (χ0n) is 15.8. The molecule has 0 aliphatic carbocycles. The second-order valence-electron chi connectivity index (χ2n) is 6.65. The third-order valence-corrected chi connectivity index (χ3v) is 5.72. The molecule has 2 aromatic carbocycles. The van der Waals surface area contributed by atoms with E-state index in [1.807, 2.05) is 42.5 Å². The molecular formula is C23H20N2O3S. The average molecular weight is 404 g/mol. The van der Waals surface area contributed by atoms with Crippen LogP contribution in [0, 0.1) is 0 Å². The molecule has 6 heteroatoms. The Morgan fingerprint density at radius 3 is 2.66 bits per heavy atom. The Bertz CT molecular complexity index is 1050. The molecule has 1 aromatic heterocycles. The number of hydrogen-bond acceptors (Lipinski definition) is 5. The maximum absolute atomic E-state index is 12.3. The van der Waals surface area contributed by atoms with Gasteiger partial charge in [-0.05, 0) is 35.8 Å². The van der Waals surface area contributed by atoms with Gasteiger partial charge in [-0.1, -0.05) is 48.5 Å². The number of hydrogen-bond donors (Lipinski definition) is 0. The molecule has 0 atom stereocenters. The van der Waals surface area contributed by atoms with Gasteiger partial charge in [-0.15, -0.1) is 11.3 Å². The molecule has 29 heavy (non-hydrogen) atoms. The van der Waals surface area contributed by atoms with Crippen LogP contribution in [0.4, 0.5) is 0 Å². The molecule has 1 aliphatic heterocycles. The number of amides is 1. The lowest BCUT2D eigenvalue weighted by atomic mass is 10.00. The van der Waals surface area contributed by atoms with Crippen molar-refractivity contribution in [3.63, 3.8) is 0 Å². The summed E-state index contributed by atoms with van der Waals surface area (Å²) in [6.45, 7) is 0.901. The lowest BCUT2D eigenvalue weighted by Crippen LogP contribution is -2.37. The lowest BCUT2D eigenvalue weighted by Gasteiger charge is -2.26. The number of rotatable bonds is 5. The van der Waals surface area contributed by atoms with Gasteiger partial charge >= 0.3 is 5.97 Å². The Balaban J connectivity index is 1.27. The van der Waals surface area contributed by atoms with E-state index in [0.717, 1.165) is 21.6 Å². The highest BCUT2D eigenvalue weighted by Crippen LogP contribution is 2.23. The molecule has 146 valence electrons. The van der Waals surface area contributed by atoms with Crippen LogP contribution in [0.25, 0.3) is 21.9 Å². The van der Waals surface area contributed by atoms with Crippen LogP contribution in [0.5, 0.6) is 0 Å². The largest absolute Gasteiger partial charge is 0.452 e. The summed E-state index contributed by atoms with van der Waals surface area (Å²) in [6.07, 6.45) is 5.79. The maximum atomic E-state index is 12.3. The molecule has 3 aromatic rings. The van der Waals surface area contributed by atoms with Crippen LogP contribution in [0.15, 0.2) is 66.7 Å². The van der Waals surface area contributed by atoms with Gasteiger partial charge in [0.05, 0.1) is 10.2 Å². The van der Waals surface area contributed by atoms with E-state index < -0.39 is 5.97 Å². The topological polar surface area (TPSA) is 59.5 Å². The van der Waals surface area contributed by atoms with E-state index in [1.54, 1.807) is 11.0 Å². The number of benzene rings is 2. The van der Waals surface area contributed by atoms with Gasteiger partial charge in [0.2, 0.25) is 0 Å². The van der Waals surface area contributed by atoms with Gasteiger partial charge in [-0.25, -0.2) is 9.78 Å². The van der Waals surface area contributed by atoms with Crippen molar-refractivity contribution in [2.24, 2.45) is 0 Å². The molecule has 0 fully saturated rings. The van der Waals surface area contributed by atoms with E-state index in [9.17, 15) is 9.59 Å². The van der Waals surface area contributed by atoms with Gasteiger partial charge in [0.1, 0.15) is 5.01 Å². The van der Waals surface area contributed by atoms with Crippen LogP contribution in [0.3, 0.4) is 0 Å². The van der Waals surface area contributed by atoms with Crippen LogP contribution in [0.2, 0.25) is 0 Å². The highest BCUT2D eigenvalue weighted by molar-refractivity contribution is 7.19. The smallest absolute Gasteiger partial charge is 0.331 e. The van der Waals surface area contributed by atoms with Gasteiger partial charge in [0.25, 0.3) is 5.91 Å². The van der Waals surface area contributed by atoms with E-state index in [0.29, 0.717) is 13.1 Å². The SMILES string of the molecule is O=C(/C=C/c1nc2ccccc2s1)OCC(=O)N1CC=C(c2ccccc2)CC1. The van der Waals surface area contributed by atoms with Gasteiger partial charge in [0, 0.05) is 19.2 Å². The molecule has 0 spiro atoms. The fraction of sp³-hybridized carbons (Fsp3) is 0.174. The fourth-order valence-corrected chi connectivity index (χ4v) is 4.05. The second-order valence-corrected chi connectivity index (χ2v) is 7.71. The predicted octanol–water partition coefficient (Wildman–Crippen LogP) is 4.17. The van der Waals surface area contributed by atoms with Crippen LogP contribution < -0.4 is 0 Å². The molecule has 4 rings (SSSR count). The zero-order chi connectivity index (χ0) is 20.1. The summed E-state index contributed by atoms with van der Waals surface area (Å²) >= 11 is 1.50. The second kappa shape index (κ2) is 8.84. The van der Waals surface area contributed by atoms with Crippen molar-refractivity contribution in [2.45, 2.75) is 6.42 Å². The van der Waals surface area contributed by atoms with Crippen LogP contribution in [-0.2, 0) is 14.3 Å². The van der Waals surface area contributed by atoms with E-state index >= 15 is 0 Å². The summed E-state index contributed by atoms with van der Waals surface area (Å²) in [4.78, 5) is 30.4. The summed E-state index contributed by atoms with van der Waals surface area (Å²) in [7, 11) is 0. The van der Waals surface area contributed by atoms with Crippen LogP contribution >= 0.6 is 11.3 Å². The van der Waals surface area contributed by atoms with Crippen molar-refractivity contribution >= 4 is 45.1 Å². The first kappa shape index (κ1) is 19.1. The highest BCUT2D eigenvalue weighted by Gasteiger charge is 2.18. The van der Waals surface area contributed by atoms with Gasteiger partial charge in [-0.2, -0.15) is 0 Å². The molecule has 0 N–H and O–H groups in total. The third-order valence-electron chi connectivity index (χ3n) is 4.72. The number of fused-ring (bicyclic) bond motifs is 1. The van der Waals surface area contributed by atoms with Crippen molar-refractivity contribution < 1.29 is 14.3 Å². The lowest BCUT2D eigenvalue weighted by molar-refractivity contribution is -0.147. The first-order chi connectivity index (χ1) is 14.2. The number of aromatic nitrogens is 1. The minimum atomic E-state index is -0.546. The predicted molar refractivity (Wildman–Crippen MR) is 115 cm³/mol. The highest BCUT2D eigenvalue weighted by atomic mass is 32.1. The maximum Gasteiger partial charge on any atom is 0.331 e. The van der Waals surface area contributed by atoms with Gasteiger partial charge in [-0.3, -0.25) is 4.79 Å². The van der Waals surface area contributed by atoms with Crippen LogP contribution in [0.1, 0.15) is 17.0 Å². The van der Waals surface area contributed by atoms with Crippen molar-refractivity contribution in [1.82, 2.24) is 9.88 Å². The molecule has 0 unspecified atom stereocenters. The molecule has 0 saturated heterocycles. The molecule has 1 aliphatic rings. The first-order valence-corrected chi connectivity index (χ1v) is 10.2. The first-order valence-electron chi connectivity index (χ1n) is 9.42. The Hall–Kier alpha value is -3.25. The molecule has 1 amide bonds. The van der Waals surface area contributed by atoms with Gasteiger partial charge < -0.3 is 9.64 Å². The molecule has 5 nitrogen and oxygen atoms in total. The van der Waals surface area contributed by atoms with E-state index in [2.05, 4.69) is 23.2 Å². The molecule has 0 radical (unpaired) electrons. The standard InChI is InChI=1S/C23H20N2O3S/c26-22(25-14-12-18(13-15-25)17-6-2-1-3-7-17)16-28-23(27)11-10-21-24-19-8-4-5-9-20(19)29-21/h1-12H,13-16H2/b11-10+. The zero-order valence-corrected chi connectivity index (χ0v) is 16.6. The Morgan fingerprint density at radius 1 is 1.10 bits per heavy atom. The number of para-hydroxylation sites is 1. The Kier molecular flexibility index (Phi) is 5.81. The van der Waals surface area contributed by atoms with Crippen molar-refractivity contribution in [2.75, 3.05) is 19.7 Å². The average Bonchev–Trinajstić information content (AvgIpc) is 3.20.